The predicted octanol–water partition coefficient (Wildman–Crippen LogP) is 1.89. The molecule has 0 rings (SSSR count). The van der Waals surface area contributed by atoms with Crippen LogP contribution in [-0.4, -0.2) is 70.4 Å². The Labute approximate surface area is 231 Å². The summed E-state index contributed by atoms with van der Waals surface area (Å²) in [4.78, 5) is 29.1. The summed E-state index contributed by atoms with van der Waals surface area (Å²) < 4.78 is 0. The van der Waals surface area contributed by atoms with Crippen LogP contribution in [0.3, 0.4) is 0 Å². The van der Waals surface area contributed by atoms with Crippen molar-refractivity contribution in [3.63, 3.8) is 0 Å². The van der Waals surface area contributed by atoms with Gasteiger partial charge >= 0.3 is 0 Å². The van der Waals surface area contributed by atoms with Gasteiger partial charge in [-0.1, -0.05) is 38.5 Å². The van der Waals surface area contributed by atoms with E-state index in [1.54, 1.807) is 0 Å². The Kier molecular flexibility index (Phi) is 32.4. The molecule has 0 bridgehead atoms. The zero-order chi connectivity index (χ0) is 28.5. The van der Waals surface area contributed by atoms with Crippen molar-refractivity contribution in [2.75, 3.05) is 46.3 Å². The number of hydrogen-bond acceptors (Lipinski definition) is 6. The zero-order valence-corrected chi connectivity index (χ0v) is 24.2. The van der Waals surface area contributed by atoms with Gasteiger partial charge in [0.05, 0.1) is 0 Å². The number of carbonyl (C=O) groups is 2. The molecule has 11 nitrogen and oxygen atoms in total. The quantitative estimate of drug-likeness (QED) is 0.0393. The summed E-state index contributed by atoms with van der Waals surface area (Å²) in [5, 5.41) is 9.36. The number of aliphatic imine (C=N–C) groups is 2. The number of hydrogen-bond donors (Lipinski definition) is 7. The third-order valence-corrected chi connectivity index (χ3v) is 5.72. The van der Waals surface area contributed by atoms with Gasteiger partial charge in [-0.15, -0.1) is 0 Å². The second-order valence-corrected chi connectivity index (χ2v) is 9.40. The van der Waals surface area contributed by atoms with E-state index in [1.165, 1.54) is 32.1 Å². The fraction of sp³-hybridized carbons (Fsp3) is 0.852. The molecular formula is C27H59N9O2. The van der Waals surface area contributed by atoms with Gasteiger partial charge in [0.1, 0.15) is 6.29 Å². The summed E-state index contributed by atoms with van der Waals surface area (Å²) in [7, 11) is 1.98. The highest BCUT2D eigenvalue weighted by atomic mass is 16.1. The maximum atomic E-state index is 10.5. The lowest BCUT2D eigenvalue weighted by Gasteiger charge is -2.05. The van der Waals surface area contributed by atoms with Crippen molar-refractivity contribution < 1.29 is 9.59 Å². The molecule has 0 heterocycles. The number of carbonyl (C=O) groups excluding carboxylic acids is 2. The number of guanidine groups is 2. The molecule has 0 aromatic rings. The molecule has 0 aromatic heterocycles. The van der Waals surface area contributed by atoms with Crippen LogP contribution in [0.4, 0.5) is 0 Å². The van der Waals surface area contributed by atoms with Crippen molar-refractivity contribution in [2.45, 2.75) is 103 Å². The molecule has 224 valence electrons. The SMILES string of the molecule is CNCCCCCCNC(N)=NCCCCCC(N)=O.NCCCCCCNC(N)=NCCCCCC=O. The Bertz CT molecular complexity index is 587. The summed E-state index contributed by atoms with van der Waals surface area (Å²) in [6.45, 7) is 5.08. The fourth-order valence-corrected chi connectivity index (χ4v) is 3.45. The van der Waals surface area contributed by atoms with E-state index < -0.39 is 0 Å². The Morgan fingerprint density at radius 3 is 1.61 bits per heavy atom. The number of unbranched alkanes of at least 4 members (excludes halogenated alkanes) is 11. The summed E-state index contributed by atoms with van der Waals surface area (Å²) >= 11 is 0. The van der Waals surface area contributed by atoms with Crippen LogP contribution < -0.4 is 38.9 Å². The van der Waals surface area contributed by atoms with E-state index in [-0.39, 0.29) is 5.91 Å². The lowest BCUT2D eigenvalue weighted by Crippen LogP contribution is -2.32. The number of amides is 1. The first-order valence-corrected chi connectivity index (χ1v) is 14.6. The van der Waals surface area contributed by atoms with E-state index in [9.17, 15) is 9.59 Å². The maximum absolute atomic E-state index is 10.5. The lowest BCUT2D eigenvalue weighted by atomic mass is 10.2. The lowest BCUT2D eigenvalue weighted by molar-refractivity contribution is -0.118. The Morgan fingerprint density at radius 2 is 1.13 bits per heavy atom. The first-order valence-electron chi connectivity index (χ1n) is 14.6. The molecule has 11 heteroatoms. The van der Waals surface area contributed by atoms with Crippen LogP contribution in [0.25, 0.3) is 0 Å². The van der Waals surface area contributed by atoms with Gasteiger partial charge < -0.3 is 43.7 Å². The van der Waals surface area contributed by atoms with Crippen LogP contribution in [0.5, 0.6) is 0 Å². The normalized spacial score (nSPS) is 11.5. The van der Waals surface area contributed by atoms with Crippen molar-refractivity contribution in [1.82, 2.24) is 16.0 Å². The fourth-order valence-electron chi connectivity index (χ4n) is 3.45. The van der Waals surface area contributed by atoms with Crippen LogP contribution >= 0.6 is 0 Å². The van der Waals surface area contributed by atoms with E-state index in [1.807, 2.05) is 7.05 Å². The van der Waals surface area contributed by atoms with Gasteiger partial charge in [-0.3, -0.25) is 14.8 Å². The van der Waals surface area contributed by atoms with Crippen molar-refractivity contribution >= 4 is 24.1 Å². The number of aldehydes is 1. The van der Waals surface area contributed by atoms with Gasteiger partial charge in [-0.25, -0.2) is 0 Å². The molecule has 38 heavy (non-hydrogen) atoms. The first-order chi connectivity index (χ1) is 18.5. The highest BCUT2D eigenvalue weighted by molar-refractivity contribution is 5.78. The molecule has 11 N–H and O–H groups in total. The van der Waals surface area contributed by atoms with Crippen molar-refractivity contribution in [2.24, 2.45) is 32.9 Å². The van der Waals surface area contributed by atoms with Crippen molar-refractivity contribution in [1.29, 1.82) is 0 Å². The van der Waals surface area contributed by atoms with Crippen molar-refractivity contribution in [3.05, 3.63) is 0 Å². The van der Waals surface area contributed by atoms with Gasteiger partial charge in [-0.05, 0) is 71.5 Å². The van der Waals surface area contributed by atoms with Crippen LogP contribution in [0.2, 0.25) is 0 Å². The molecule has 0 saturated carbocycles. The van der Waals surface area contributed by atoms with Gasteiger partial charge in [0, 0.05) is 39.0 Å². The molecule has 0 saturated heterocycles. The summed E-state index contributed by atoms with van der Waals surface area (Å²) in [5.41, 5.74) is 21.9. The zero-order valence-electron chi connectivity index (χ0n) is 24.2. The smallest absolute Gasteiger partial charge is 0.217 e. The topological polar surface area (TPSA) is 199 Å². The van der Waals surface area contributed by atoms with Gasteiger partial charge in [0.2, 0.25) is 5.91 Å². The van der Waals surface area contributed by atoms with Crippen LogP contribution in [0.1, 0.15) is 103 Å². The second kappa shape index (κ2) is 32.6. The standard InChI is InChI=1S/C14H31N5O.C13H28N4O/c1-17-10-6-2-3-7-11-18-14(16)19-12-8-4-5-9-13(15)20;14-9-5-1-2-6-10-16-13(15)17-11-7-3-4-8-12-18/h17H,2-12H2,1H3,(H2,15,20)(H3,16,18,19);12H,1-11,14H2,(H3,15,16,17). The molecule has 0 aliphatic heterocycles. The van der Waals surface area contributed by atoms with Crippen LogP contribution in [0.15, 0.2) is 9.98 Å². The minimum Gasteiger partial charge on any atom is -0.370 e. The summed E-state index contributed by atoms with van der Waals surface area (Å²) in [5.74, 6) is 0.823. The number of nitrogens with zero attached hydrogens (tertiary/aromatic N) is 2. The monoisotopic (exact) mass is 541 g/mol. The molecule has 0 radical (unpaired) electrons. The highest BCUT2D eigenvalue weighted by Gasteiger charge is 1.96. The van der Waals surface area contributed by atoms with Crippen LogP contribution in [-0.2, 0) is 9.59 Å². The Hall–Kier alpha value is -2.40. The molecular weight excluding hydrogens is 482 g/mol. The number of rotatable bonds is 25. The minimum absolute atomic E-state index is 0.232. The molecule has 1 amide bonds. The van der Waals surface area contributed by atoms with E-state index in [0.29, 0.717) is 31.3 Å². The first kappa shape index (κ1) is 37.8. The van der Waals surface area contributed by atoms with E-state index in [0.717, 1.165) is 96.8 Å². The number of nitrogens with one attached hydrogen (secondary N) is 3. The van der Waals surface area contributed by atoms with Gasteiger partial charge in [-0.2, -0.15) is 0 Å². The summed E-state index contributed by atoms with van der Waals surface area (Å²) in [6.07, 6.45) is 17.2. The molecule has 0 atom stereocenters. The van der Waals surface area contributed by atoms with E-state index >= 15 is 0 Å². The average molecular weight is 542 g/mol. The maximum Gasteiger partial charge on any atom is 0.217 e. The van der Waals surface area contributed by atoms with E-state index in [4.69, 9.17) is 22.9 Å². The average Bonchev–Trinajstić information content (AvgIpc) is 2.90. The third kappa shape index (κ3) is 35.8. The third-order valence-electron chi connectivity index (χ3n) is 5.72. The van der Waals surface area contributed by atoms with Crippen LogP contribution in [0, 0.1) is 0 Å². The second-order valence-electron chi connectivity index (χ2n) is 9.40. The molecule has 0 aromatic carbocycles. The molecule has 0 aliphatic rings. The molecule has 0 spiro atoms. The number of primary amides is 1. The molecule has 0 unspecified atom stereocenters. The largest absolute Gasteiger partial charge is 0.370 e. The highest BCUT2D eigenvalue weighted by Crippen LogP contribution is 2.00. The Morgan fingerprint density at radius 1 is 0.658 bits per heavy atom. The predicted molar refractivity (Wildman–Crippen MR) is 161 cm³/mol. The Balaban J connectivity index is 0. The molecule has 0 aliphatic carbocycles. The minimum atomic E-state index is -0.232. The van der Waals surface area contributed by atoms with Gasteiger partial charge in [0.15, 0.2) is 11.9 Å². The van der Waals surface area contributed by atoms with Gasteiger partial charge in [0.25, 0.3) is 0 Å². The molecule has 0 fully saturated rings. The number of nitrogens with two attached hydrogens (primary N) is 4. The van der Waals surface area contributed by atoms with Crippen molar-refractivity contribution in [3.8, 4) is 0 Å². The summed E-state index contributed by atoms with van der Waals surface area (Å²) in [6, 6.07) is 0. The van der Waals surface area contributed by atoms with E-state index in [2.05, 4.69) is 25.9 Å².